The van der Waals surface area contributed by atoms with Crippen molar-refractivity contribution in [2.24, 2.45) is 0 Å². The van der Waals surface area contributed by atoms with E-state index >= 15 is 0 Å². The number of nitrogens with one attached hydrogen (secondary N) is 1. The Morgan fingerprint density at radius 2 is 2.47 bits per heavy atom. The van der Waals surface area contributed by atoms with E-state index in [2.05, 4.69) is 28.2 Å². The molecule has 0 saturated carbocycles. The number of hydrogen-bond acceptors (Lipinski definition) is 3. The standard InChI is InChI=1S/C14H23N3/c1-2-4-14-12-17(10-8-16-14)9-6-13-5-3-7-15-11-13/h3,5,7,11,14,16H,2,4,6,8-10,12H2,1H3. The summed E-state index contributed by atoms with van der Waals surface area (Å²) in [6.07, 6.45) is 7.50. The molecule has 3 nitrogen and oxygen atoms in total. The highest BCUT2D eigenvalue weighted by atomic mass is 15.2. The van der Waals surface area contributed by atoms with E-state index in [0.717, 1.165) is 19.5 Å². The molecule has 0 radical (unpaired) electrons. The minimum Gasteiger partial charge on any atom is -0.311 e. The molecule has 1 aliphatic heterocycles. The molecule has 2 heterocycles. The summed E-state index contributed by atoms with van der Waals surface area (Å²) in [5, 5.41) is 3.59. The second kappa shape index (κ2) is 6.72. The number of nitrogens with zero attached hydrogens (tertiary/aromatic N) is 2. The molecule has 2 rings (SSSR count). The number of hydrogen-bond donors (Lipinski definition) is 1. The van der Waals surface area contributed by atoms with Crippen LogP contribution in [0.4, 0.5) is 0 Å². The smallest absolute Gasteiger partial charge is 0.0300 e. The van der Waals surface area contributed by atoms with Gasteiger partial charge in [-0.25, -0.2) is 0 Å². The van der Waals surface area contributed by atoms with Crippen LogP contribution >= 0.6 is 0 Å². The Kier molecular flexibility index (Phi) is 4.95. The molecule has 0 spiro atoms. The lowest BCUT2D eigenvalue weighted by molar-refractivity contribution is 0.196. The van der Waals surface area contributed by atoms with E-state index in [1.54, 1.807) is 0 Å². The molecular formula is C14H23N3. The third-order valence-corrected chi connectivity index (χ3v) is 3.42. The minimum atomic E-state index is 0.697. The van der Waals surface area contributed by atoms with Crippen molar-refractivity contribution in [2.75, 3.05) is 26.2 Å². The van der Waals surface area contributed by atoms with Gasteiger partial charge in [-0.1, -0.05) is 19.4 Å². The highest BCUT2D eigenvalue weighted by Crippen LogP contribution is 2.06. The molecule has 94 valence electrons. The van der Waals surface area contributed by atoms with Crippen LogP contribution < -0.4 is 5.32 Å². The van der Waals surface area contributed by atoms with Gasteiger partial charge >= 0.3 is 0 Å². The zero-order chi connectivity index (χ0) is 11.9. The fraction of sp³-hybridized carbons (Fsp3) is 0.643. The van der Waals surface area contributed by atoms with Gasteiger partial charge in [0.15, 0.2) is 0 Å². The molecule has 0 aliphatic carbocycles. The van der Waals surface area contributed by atoms with Crippen LogP contribution in [0.5, 0.6) is 0 Å². The first-order valence-corrected chi connectivity index (χ1v) is 6.73. The van der Waals surface area contributed by atoms with Gasteiger partial charge in [0.1, 0.15) is 0 Å². The largest absolute Gasteiger partial charge is 0.311 e. The monoisotopic (exact) mass is 233 g/mol. The first kappa shape index (κ1) is 12.5. The van der Waals surface area contributed by atoms with Gasteiger partial charge in [0.25, 0.3) is 0 Å². The van der Waals surface area contributed by atoms with Crippen molar-refractivity contribution in [1.82, 2.24) is 15.2 Å². The molecule has 17 heavy (non-hydrogen) atoms. The number of rotatable bonds is 5. The molecule has 1 aromatic heterocycles. The van der Waals surface area contributed by atoms with Gasteiger partial charge in [0.2, 0.25) is 0 Å². The Labute approximate surface area is 104 Å². The quantitative estimate of drug-likeness (QED) is 0.839. The molecular weight excluding hydrogens is 210 g/mol. The maximum absolute atomic E-state index is 4.16. The van der Waals surface area contributed by atoms with Gasteiger partial charge in [-0.3, -0.25) is 4.98 Å². The Hall–Kier alpha value is -0.930. The van der Waals surface area contributed by atoms with Gasteiger partial charge < -0.3 is 10.2 Å². The van der Waals surface area contributed by atoms with Crippen molar-refractivity contribution >= 4 is 0 Å². The van der Waals surface area contributed by atoms with E-state index < -0.39 is 0 Å². The predicted molar refractivity (Wildman–Crippen MR) is 71.1 cm³/mol. The molecule has 1 N–H and O–H groups in total. The van der Waals surface area contributed by atoms with E-state index in [9.17, 15) is 0 Å². The highest BCUT2D eigenvalue weighted by molar-refractivity contribution is 5.08. The van der Waals surface area contributed by atoms with E-state index in [1.807, 2.05) is 18.5 Å². The Morgan fingerprint density at radius 1 is 1.53 bits per heavy atom. The van der Waals surface area contributed by atoms with Crippen molar-refractivity contribution in [3.63, 3.8) is 0 Å². The van der Waals surface area contributed by atoms with Crippen molar-refractivity contribution in [2.45, 2.75) is 32.2 Å². The summed E-state index contributed by atoms with van der Waals surface area (Å²) in [7, 11) is 0. The summed E-state index contributed by atoms with van der Waals surface area (Å²) in [6, 6.07) is 4.88. The first-order valence-electron chi connectivity index (χ1n) is 6.73. The van der Waals surface area contributed by atoms with Gasteiger partial charge in [-0.2, -0.15) is 0 Å². The molecule has 1 unspecified atom stereocenters. The molecule has 1 fully saturated rings. The Bertz CT molecular complexity index is 311. The average molecular weight is 233 g/mol. The molecule has 0 amide bonds. The Morgan fingerprint density at radius 3 is 3.24 bits per heavy atom. The average Bonchev–Trinajstić information content (AvgIpc) is 2.39. The first-order chi connectivity index (χ1) is 8.38. The van der Waals surface area contributed by atoms with Crippen LogP contribution in [0.3, 0.4) is 0 Å². The van der Waals surface area contributed by atoms with E-state index in [-0.39, 0.29) is 0 Å². The van der Waals surface area contributed by atoms with Crippen LogP contribution in [0.2, 0.25) is 0 Å². The summed E-state index contributed by atoms with van der Waals surface area (Å²) in [5.41, 5.74) is 1.35. The lowest BCUT2D eigenvalue weighted by Crippen LogP contribution is -2.50. The molecule has 1 saturated heterocycles. The maximum Gasteiger partial charge on any atom is 0.0300 e. The fourth-order valence-corrected chi connectivity index (χ4v) is 2.47. The number of aromatic nitrogens is 1. The summed E-state index contributed by atoms with van der Waals surface area (Å²) >= 11 is 0. The second-order valence-electron chi connectivity index (χ2n) is 4.85. The fourth-order valence-electron chi connectivity index (χ4n) is 2.47. The maximum atomic E-state index is 4.16. The van der Waals surface area contributed by atoms with Crippen LogP contribution in [0, 0.1) is 0 Å². The summed E-state index contributed by atoms with van der Waals surface area (Å²) in [6.45, 7) is 6.94. The third kappa shape index (κ3) is 4.10. The topological polar surface area (TPSA) is 28.2 Å². The molecule has 3 heteroatoms. The normalized spacial score (nSPS) is 21.6. The van der Waals surface area contributed by atoms with Crippen molar-refractivity contribution in [3.8, 4) is 0 Å². The Balaban J connectivity index is 1.75. The highest BCUT2D eigenvalue weighted by Gasteiger charge is 2.17. The number of piperazine rings is 1. The van der Waals surface area contributed by atoms with Crippen LogP contribution in [0.1, 0.15) is 25.3 Å². The summed E-state index contributed by atoms with van der Waals surface area (Å²) < 4.78 is 0. The van der Waals surface area contributed by atoms with Crippen LogP contribution in [0.15, 0.2) is 24.5 Å². The van der Waals surface area contributed by atoms with Crippen molar-refractivity contribution < 1.29 is 0 Å². The summed E-state index contributed by atoms with van der Waals surface area (Å²) in [5.74, 6) is 0. The lowest BCUT2D eigenvalue weighted by Gasteiger charge is -2.33. The van der Waals surface area contributed by atoms with Gasteiger partial charge in [-0.05, 0) is 24.5 Å². The van der Waals surface area contributed by atoms with Crippen LogP contribution in [-0.4, -0.2) is 42.1 Å². The summed E-state index contributed by atoms with van der Waals surface area (Å²) in [4.78, 5) is 6.74. The third-order valence-electron chi connectivity index (χ3n) is 3.42. The lowest BCUT2D eigenvalue weighted by atomic mass is 10.1. The predicted octanol–water partition coefficient (Wildman–Crippen LogP) is 1.70. The second-order valence-corrected chi connectivity index (χ2v) is 4.85. The zero-order valence-electron chi connectivity index (χ0n) is 10.7. The molecule has 1 atom stereocenters. The van der Waals surface area contributed by atoms with Gasteiger partial charge in [-0.15, -0.1) is 0 Å². The van der Waals surface area contributed by atoms with Gasteiger partial charge in [0, 0.05) is 44.6 Å². The van der Waals surface area contributed by atoms with E-state index in [1.165, 1.54) is 31.5 Å². The molecule has 0 aromatic carbocycles. The molecule has 1 aromatic rings. The van der Waals surface area contributed by atoms with Crippen LogP contribution in [-0.2, 0) is 6.42 Å². The van der Waals surface area contributed by atoms with Gasteiger partial charge in [0.05, 0.1) is 0 Å². The van der Waals surface area contributed by atoms with Crippen molar-refractivity contribution in [3.05, 3.63) is 30.1 Å². The molecule has 0 bridgehead atoms. The SMILES string of the molecule is CCCC1CN(CCc2cccnc2)CCN1. The van der Waals surface area contributed by atoms with Crippen LogP contribution in [0.25, 0.3) is 0 Å². The van der Waals surface area contributed by atoms with Crippen molar-refractivity contribution in [1.29, 1.82) is 0 Å². The zero-order valence-corrected chi connectivity index (χ0v) is 10.7. The van der Waals surface area contributed by atoms with E-state index in [0.29, 0.717) is 6.04 Å². The molecule has 1 aliphatic rings. The minimum absolute atomic E-state index is 0.697. The van der Waals surface area contributed by atoms with E-state index in [4.69, 9.17) is 0 Å². The number of pyridine rings is 1.